The van der Waals surface area contributed by atoms with Crippen LogP contribution in [0.3, 0.4) is 0 Å². The Morgan fingerprint density at radius 2 is 2.00 bits per heavy atom. The molecule has 0 heterocycles. The maximum absolute atomic E-state index is 12.1. The molecular weight excluding hydrogens is 266 g/mol. The molecule has 1 aromatic carbocycles. The fraction of sp³-hybridized carbons (Fsp3) is 0.429. The van der Waals surface area contributed by atoms with Gasteiger partial charge in [-0.25, -0.2) is 0 Å². The first-order chi connectivity index (χ1) is 8.95. The van der Waals surface area contributed by atoms with Gasteiger partial charge in [-0.2, -0.15) is 0 Å². The van der Waals surface area contributed by atoms with Crippen molar-refractivity contribution >= 4 is 29.2 Å². The van der Waals surface area contributed by atoms with Gasteiger partial charge in [-0.3, -0.25) is 9.59 Å². The van der Waals surface area contributed by atoms with Crippen LogP contribution in [0, 0.1) is 6.92 Å². The van der Waals surface area contributed by atoms with Crippen LogP contribution in [0.2, 0.25) is 5.02 Å². The molecule has 0 atom stereocenters. The summed E-state index contributed by atoms with van der Waals surface area (Å²) in [5.41, 5.74) is 1.59. The van der Waals surface area contributed by atoms with Crippen molar-refractivity contribution in [1.82, 2.24) is 0 Å². The number of anilines is 1. The smallest absolute Gasteiger partial charge is 0.305 e. The lowest BCUT2D eigenvalue weighted by atomic mass is 10.1. The van der Waals surface area contributed by atoms with Crippen molar-refractivity contribution in [2.45, 2.75) is 33.1 Å². The van der Waals surface area contributed by atoms with Gasteiger partial charge in [0.25, 0.3) is 0 Å². The van der Waals surface area contributed by atoms with E-state index in [4.69, 9.17) is 16.7 Å². The number of halogens is 1. The summed E-state index contributed by atoms with van der Waals surface area (Å²) in [4.78, 5) is 24.3. The Morgan fingerprint density at radius 1 is 1.32 bits per heavy atom. The van der Waals surface area contributed by atoms with Crippen LogP contribution in [-0.2, 0) is 9.59 Å². The van der Waals surface area contributed by atoms with Crippen LogP contribution in [-0.4, -0.2) is 23.5 Å². The maximum Gasteiger partial charge on any atom is 0.305 e. The highest BCUT2D eigenvalue weighted by Crippen LogP contribution is 2.25. The molecule has 0 aliphatic heterocycles. The van der Waals surface area contributed by atoms with Gasteiger partial charge < -0.3 is 10.0 Å². The van der Waals surface area contributed by atoms with E-state index in [1.165, 1.54) is 4.90 Å². The van der Waals surface area contributed by atoms with Gasteiger partial charge in [0.1, 0.15) is 0 Å². The summed E-state index contributed by atoms with van der Waals surface area (Å²) in [6.45, 7) is 3.95. The molecule has 4 nitrogen and oxygen atoms in total. The van der Waals surface area contributed by atoms with Crippen molar-refractivity contribution in [2.24, 2.45) is 0 Å². The summed E-state index contributed by atoms with van der Waals surface area (Å²) >= 11 is 5.95. The van der Waals surface area contributed by atoms with Crippen LogP contribution in [0.4, 0.5) is 5.69 Å². The van der Waals surface area contributed by atoms with E-state index >= 15 is 0 Å². The Hall–Kier alpha value is -1.55. The van der Waals surface area contributed by atoms with Gasteiger partial charge >= 0.3 is 5.97 Å². The summed E-state index contributed by atoms with van der Waals surface area (Å²) < 4.78 is 0. The van der Waals surface area contributed by atoms with Gasteiger partial charge in [0.05, 0.1) is 6.42 Å². The monoisotopic (exact) mass is 283 g/mol. The fourth-order valence-corrected chi connectivity index (χ4v) is 1.98. The zero-order valence-corrected chi connectivity index (χ0v) is 11.9. The van der Waals surface area contributed by atoms with Crippen LogP contribution in [0.15, 0.2) is 18.2 Å². The number of benzene rings is 1. The highest BCUT2D eigenvalue weighted by Gasteiger charge is 2.18. The predicted octanol–water partition coefficient (Wildman–Crippen LogP) is 3.26. The third-order valence-electron chi connectivity index (χ3n) is 2.78. The molecule has 0 aromatic heterocycles. The third kappa shape index (κ3) is 4.56. The first-order valence-corrected chi connectivity index (χ1v) is 6.61. The third-order valence-corrected chi connectivity index (χ3v) is 3.01. The van der Waals surface area contributed by atoms with Gasteiger partial charge in [0.2, 0.25) is 5.91 Å². The second-order valence-electron chi connectivity index (χ2n) is 4.37. The molecule has 1 amide bonds. The molecule has 0 radical (unpaired) electrons. The highest BCUT2D eigenvalue weighted by molar-refractivity contribution is 6.31. The number of aliphatic carboxylic acids is 1. The molecule has 0 saturated carbocycles. The number of aryl methyl sites for hydroxylation is 1. The van der Waals surface area contributed by atoms with Crippen molar-refractivity contribution in [3.63, 3.8) is 0 Å². The molecule has 0 unspecified atom stereocenters. The van der Waals surface area contributed by atoms with Crippen molar-refractivity contribution in [3.05, 3.63) is 28.8 Å². The predicted molar refractivity (Wildman–Crippen MR) is 75.7 cm³/mol. The number of rotatable bonds is 6. The summed E-state index contributed by atoms with van der Waals surface area (Å²) in [6.07, 6.45) is 1.04. The topological polar surface area (TPSA) is 57.6 Å². The fourth-order valence-electron chi connectivity index (χ4n) is 1.81. The molecule has 1 N–H and O–H groups in total. The Kier molecular flexibility index (Phi) is 5.83. The van der Waals surface area contributed by atoms with E-state index in [1.807, 2.05) is 19.9 Å². The molecule has 0 aliphatic carbocycles. The number of carbonyl (C=O) groups excluding carboxylic acids is 1. The normalized spacial score (nSPS) is 10.3. The van der Waals surface area contributed by atoms with Crippen LogP contribution in [0.1, 0.15) is 31.7 Å². The average molecular weight is 284 g/mol. The first-order valence-electron chi connectivity index (χ1n) is 6.24. The van der Waals surface area contributed by atoms with E-state index in [2.05, 4.69) is 0 Å². The maximum atomic E-state index is 12.1. The molecular formula is C14H18ClNO3. The Bertz CT molecular complexity index is 474. The van der Waals surface area contributed by atoms with Crippen LogP contribution < -0.4 is 4.90 Å². The summed E-state index contributed by atoms with van der Waals surface area (Å²) in [7, 11) is 0. The van der Waals surface area contributed by atoms with E-state index in [0.717, 1.165) is 12.0 Å². The largest absolute Gasteiger partial charge is 0.481 e. The summed E-state index contributed by atoms with van der Waals surface area (Å²) in [6, 6.07) is 5.27. The van der Waals surface area contributed by atoms with Crippen molar-refractivity contribution < 1.29 is 14.7 Å². The number of nitrogens with zero attached hydrogens (tertiary/aromatic N) is 1. The lowest BCUT2D eigenvalue weighted by molar-refractivity contribution is -0.136. The molecule has 1 rings (SSSR count). The van der Waals surface area contributed by atoms with E-state index in [1.54, 1.807) is 12.1 Å². The van der Waals surface area contributed by atoms with Gasteiger partial charge in [-0.15, -0.1) is 0 Å². The molecule has 0 fully saturated rings. The number of hydrogen-bond donors (Lipinski definition) is 1. The number of amides is 1. The van der Waals surface area contributed by atoms with E-state index < -0.39 is 5.97 Å². The zero-order chi connectivity index (χ0) is 14.4. The molecule has 0 aliphatic rings. The molecule has 5 heteroatoms. The molecule has 104 valence electrons. The van der Waals surface area contributed by atoms with Crippen LogP contribution >= 0.6 is 11.6 Å². The van der Waals surface area contributed by atoms with Crippen LogP contribution in [0.25, 0.3) is 0 Å². The van der Waals surface area contributed by atoms with E-state index in [9.17, 15) is 9.59 Å². The van der Waals surface area contributed by atoms with Gasteiger partial charge in [0.15, 0.2) is 0 Å². The highest BCUT2D eigenvalue weighted by atomic mass is 35.5. The number of hydrogen-bond acceptors (Lipinski definition) is 2. The SMILES string of the molecule is CCCC(=O)N(CCC(=O)O)c1cc(Cl)ccc1C. The van der Waals surface area contributed by atoms with Gasteiger partial charge in [-0.1, -0.05) is 24.6 Å². The Labute approximate surface area is 118 Å². The summed E-state index contributed by atoms with van der Waals surface area (Å²) in [5.74, 6) is -0.997. The Balaban J connectivity index is 3.03. The van der Waals surface area contributed by atoms with Crippen LogP contribution in [0.5, 0.6) is 0 Å². The zero-order valence-electron chi connectivity index (χ0n) is 11.1. The van der Waals surface area contributed by atoms with E-state index in [-0.39, 0.29) is 18.9 Å². The van der Waals surface area contributed by atoms with E-state index in [0.29, 0.717) is 17.1 Å². The van der Waals surface area contributed by atoms with Gasteiger partial charge in [-0.05, 0) is 31.0 Å². The molecule has 0 saturated heterocycles. The standard InChI is InChI=1S/C14H18ClNO3/c1-3-4-13(17)16(8-7-14(18)19)12-9-11(15)6-5-10(12)2/h5-6,9H,3-4,7-8H2,1-2H3,(H,18,19). The lowest BCUT2D eigenvalue weighted by Gasteiger charge is -2.24. The first kappa shape index (κ1) is 15.5. The van der Waals surface area contributed by atoms with Crippen molar-refractivity contribution in [2.75, 3.05) is 11.4 Å². The molecule has 19 heavy (non-hydrogen) atoms. The van der Waals surface area contributed by atoms with Gasteiger partial charge in [0, 0.05) is 23.7 Å². The van der Waals surface area contributed by atoms with Crippen molar-refractivity contribution in [1.29, 1.82) is 0 Å². The average Bonchev–Trinajstić information content (AvgIpc) is 2.33. The number of carbonyl (C=O) groups is 2. The minimum absolute atomic E-state index is 0.0749. The molecule has 0 spiro atoms. The Morgan fingerprint density at radius 3 is 2.58 bits per heavy atom. The second-order valence-corrected chi connectivity index (χ2v) is 4.81. The van der Waals surface area contributed by atoms with Crippen molar-refractivity contribution in [3.8, 4) is 0 Å². The lowest BCUT2D eigenvalue weighted by Crippen LogP contribution is -2.33. The minimum Gasteiger partial charge on any atom is -0.481 e. The minimum atomic E-state index is -0.922. The molecule has 0 bridgehead atoms. The number of carboxylic acid groups (broad SMARTS) is 1. The number of carboxylic acids is 1. The quantitative estimate of drug-likeness (QED) is 0.872. The second kappa shape index (κ2) is 7.14. The summed E-state index contributed by atoms with van der Waals surface area (Å²) in [5, 5.41) is 9.31. The molecule has 1 aromatic rings.